The van der Waals surface area contributed by atoms with E-state index in [1.165, 1.54) is 17.7 Å². The molecule has 3 aromatic heterocycles. The van der Waals surface area contributed by atoms with E-state index in [0.29, 0.717) is 27.2 Å². The number of carbonyl (C=O) groups is 1. The van der Waals surface area contributed by atoms with Crippen molar-refractivity contribution in [3.05, 3.63) is 57.2 Å². The summed E-state index contributed by atoms with van der Waals surface area (Å²) in [5.41, 5.74) is 1.43. The number of rotatable bonds is 2. The average molecular weight is 340 g/mol. The first-order valence-electron chi connectivity index (χ1n) is 7.85. The van der Waals surface area contributed by atoms with Gasteiger partial charge in [0.05, 0.1) is 28.3 Å². The summed E-state index contributed by atoms with van der Waals surface area (Å²) in [6.07, 6.45) is 4.99. The van der Waals surface area contributed by atoms with Crippen molar-refractivity contribution >= 4 is 27.5 Å². The van der Waals surface area contributed by atoms with Crippen LogP contribution in [0.3, 0.4) is 0 Å². The first kappa shape index (κ1) is 15.0. The van der Waals surface area contributed by atoms with Crippen molar-refractivity contribution in [2.45, 2.75) is 25.8 Å². The summed E-state index contributed by atoms with van der Waals surface area (Å²) in [6, 6.07) is 5.77. The van der Waals surface area contributed by atoms with Gasteiger partial charge in [-0.2, -0.15) is 0 Å². The molecule has 1 saturated heterocycles. The Morgan fingerprint density at radius 3 is 3.00 bits per heavy atom. The monoisotopic (exact) mass is 340 g/mol. The van der Waals surface area contributed by atoms with Crippen LogP contribution in [-0.4, -0.2) is 32.3 Å². The Morgan fingerprint density at radius 2 is 2.25 bits per heavy atom. The summed E-state index contributed by atoms with van der Waals surface area (Å²) in [7, 11) is 0. The number of hydrogen-bond acceptors (Lipinski definition) is 5. The summed E-state index contributed by atoms with van der Waals surface area (Å²) in [5.74, 6) is -0.0388. The van der Waals surface area contributed by atoms with E-state index in [0.717, 1.165) is 18.5 Å². The molecule has 0 bridgehead atoms. The highest BCUT2D eigenvalue weighted by atomic mass is 32.1. The zero-order chi connectivity index (χ0) is 16.7. The van der Waals surface area contributed by atoms with Gasteiger partial charge >= 0.3 is 0 Å². The Labute approximate surface area is 142 Å². The molecule has 1 aliphatic heterocycles. The molecule has 1 amide bonds. The predicted octanol–water partition coefficient (Wildman–Crippen LogP) is 2.67. The Hall–Kier alpha value is -2.54. The van der Waals surface area contributed by atoms with Crippen molar-refractivity contribution in [1.29, 1.82) is 0 Å². The number of amides is 1. The fourth-order valence-electron chi connectivity index (χ4n) is 3.30. The number of carbonyl (C=O) groups excluding carboxylic acids is 1. The maximum Gasteiger partial charge on any atom is 0.264 e. The fourth-order valence-corrected chi connectivity index (χ4v) is 4.41. The minimum atomic E-state index is -0.199. The molecule has 0 aliphatic carbocycles. The van der Waals surface area contributed by atoms with Crippen LogP contribution in [0, 0.1) is 6.92 Å². The van der Waals surface area contributed by atoms with Crippen LogP contribution >= 0.6 is 11.3 Å². The van der Waals surface area contributed by atoms with Crippen molar-refractivity contribution in [2.75, 3.05) is 6.54 Å². The predicted molar refractivity (Wildman–Crippen MR) is 92.2 cm³/mol. The van der Waals surface area contributed by atoms with Crippen LogP contribution in [0.4, 0.5) is 0 Å². The van der Waals surface area contributed by atoms with Crippen LogP contribution in [0.5, 0.6) is 0 Å². The second-order valence-corrected chi connectivity index (χ2v) is 6.88. The zero-order valence-corrected chi connectivity index (χ0v) is 14.0. The molecule has 3 aromatic rings. The van der Waals surface area contributed by atoms with Gasteiger partial charge < -0.3 is 9.88 Å². The van der Waals surface area contributed by atoms with E-state index in [2.05, 4.69) is 15.0 Å². The maximum atomic E-state index is 13.1. The third kappa shape index (κ3) is 2.32. The number of pyridine rings is 1. The van der Waals surface area contributed by atoms with Crippen LogP contribution < -0.4 is 5.56 Å². The summed E-state index contributed by atoms with van der Waals surface area (Å²) < 4.78 is 0. The lowest BCUT2D eigenvalue weighted by Crippen LogP contribution is -2.30. The topological polar surface area (TPSA) is 79.0 Å². The van der Waals surface area contributed by atoms with Gasteiger partial charge in [-0.05, 0) is 37.5 Å². The quantitative estimate of drug-likeness (QED) is 0.778. The molecule has 0 saturated carbocycles. The minimum absolute atomic E-state index is 0.00504. The van der Waals surface area contributed by atoms with E-state index < -0.39 is 0 Å². The molecular weight excluding hydrogens is 324 g/mol. The van der Waals surface area contributed by atoms with Gasteiger partial charge in [-0.1, -0.05) is 6.07 Å². The zero-order valence-electron chi connectivity index (χ0n) is 13.2. The Kier molecular flexibility index (Phi) is 3.65. The van der Waals surface area contributed by atoms with Crippen molar-refractivity contribution in [3.63, 3.8) is 0 Å². The number of aryl methyl sites for hydroxylation is 1. The molecule has 1 N–H and O–H groups in total. The number of fused-ring (bicyclic) bond motifs is 1. The number of aromatic amines is 1. The fraction of sp³-hybridized carbons (Fsp3) is 0.294. The van der Waals surface area contributed by atoms with E-state index in [-0.39, 0.29) is 17.5 Å². The van der Waals surface area contributed by atoms with E-state index in [1.807, 2.05) is 30.0 Å². The molecule has 6 nitrogen and oxygen atoms in total. The van der Waals surface area contributed by atoms with Gasteiger partial charge in [-0.3, -0.25) is 14.6 Å². The molecule has 1 unspecified atom stereocenters. The van der Waals surface area contributed by atoms with Crippen LogP contribution in [0.25, 0.3) is 10.2 Å². The van der Waals surface area contributed by atoms with Crippen LogP contribution in [-0.2, 0) is 0 Å². The van der Waals surface area contributed by atoms with Crippen molar-refractivity contribution < 1.29 is 4.79 Å². The van der Waals surface area contributed by atoms with Gasteiger partial charge in [0.2, 0.25) is 0 Å². The second kappa shape index (κ2) is 5.83. The number of likely N-dealkylation sites (tertiary alicyclic amines) is 1. The van der Waals surface area contributed by atoms with Gasteiger partial charge in [0.25, 0.3) is 11.5 Å². The van der Waals surface area contributed by atoms with Crippen molar-refractivity contribution in [1.82, 2.24) is 19.9 Å². The molecule has 1 atom stereocenters. The Balaban J connectivity index is 1.75. The molecule has 7 heteroatoms. The number of hydrogen-bond donors (Lipinski definition) is 1. The number of thiophene rings is 1. The highest BCUT2D eigenvalue weighted by Crippen LogP contribution is 2.35. The number of aromatic nitrogens is 3. The normalized spacial score (nSPS) is 17.5. The summed E-state index contributed by atoms with van der Waals surface area (Å²) in [6.45, 7) is 2.52. The van der Waals surface area contributed by atoms with E-state index in [4.69, 9.17) is 0 Å². The average Bonchev–Trinajstić information content (AvgIpc) is 3.21. The highest BCUT2D eigenvalue weighted by molar-refractivity contribution is 7.20. The largest absolute Gasteiger partial charge is 0.329 e. The summed E-state index contributed by atoms with van der Waals surface area (Å²) in [5, 5.41) is 0.513. The van der Waals surface area contributed by atoms with Crippen molar-refractivity contribution in [3.8, 4) is 0 Å². The van der Waals surface area contributed by atoms with Crippen LogP contribution in [0.1, 0.15) is 39.8 Å². The lowest BCUT2D eigenvalue weighted by atomic mass is 10.1. The Bertz CT molecular complexity index is 964. The van der Waals surface area contributed by atoms with Gasteiger partial charge in [0.1, 0.15) is 4.83 Å². The molecule has 122 valence electrons. The summed E-state index contributed by atoms with van der Waals surface area (Å²) >= 11 is 1.29. The number of H-pyrrole nitrogens is 1. The van der Waals surface area contributed by atoms with Crippen molar-refractivity contribution in [2.24, 2.45) is 0 Å². The molecule has 24 heavy (non-hydrogen) atoms. The standard InChI is InChI=1S/C17H16N4O2S/c1-10-13-15(22)19-9-20-16(13)24-14(10)17(23)21-8-4-6-12(21)11-5-2-3-7-18-11/h2-3,5,7,9,12H,4,6,8H2,1H3,(H,19,20,22). The van der Waals surface area contributed by atoms with Gasteiger partial charge in [-0.15, -0.1) is 11.3 Å². The van der Waals surface area contributed by atoms with Crippen LogP contribution in [0.15, 0.2) is 35.5 Å². The minimum Gasteiger partial charge on any atom is -0.329 e. The van der Waals surface area contributed by atoms with E-state index in [9.17, 15) is 9.59 Å². The Morgan fingerprint density at radius 1 is 1.38 bits per heavy atom. The first-order valence-corrected chi connectivity index (χ1v) is 8.67. The van der Waals surface area contributed by atoms with E-state index in [1.54, 1.807) is 6.20 Å². The third-order valence-electron chi connectivity index (χ3n) is 4.47. The van der Waals surface area contributed by atoms with E-state index >= 15 is 0 Å². The molecule has 1 fully saturated rings. The summed E-state index contributed by atoms with van der Waals surface area (Å²) in [4.78, 5) is 39.4. The number of nitrogens with zero attached hydrogens (tertiary/aromatic N) is 3. The molecular formula is C17H16N4O2S. The lowest BCUT2D eigenvalue weighted by Gasteiger charge is -2.24. The van der Waals surface area contributed by atoms with Gasteiger partial charge in [0.15, 0.2) is 0 Å². The van der Waals surface area contributed by atoms with Gasteiger partial charge in [-0.25, -0.2) is 4.98 Å². The maximum absolute atomic E-state index is 13.1. The molecule has 1 aliphatic rings. The van der Waals surface area contributed by atoms with Crippen LogP contribution in [0.2, 0.25) is 0 Å². The second-order valence-electron chi connectivity index (χ2n) is 5.88. The molecule has 0 radical (unpaired) electrons. The lowest BCUT2D eigenvalue weighted by molar-refractivity contribution is 0.0737. The number of nitrogens with one attached hydrogen (secondary N) is 1. The SMILES string of the molecule is Cc1c(C(=O)N2CCCC2c2ccccn2)sc2nc[nH]c(=O)c12. The molecule has 4 rings (SSSR count). The smallest absolute Gasteiger partial charge is 0.264 e. The molecule has 0 aromatic carbocycles. The highest BCUT2D eigenvalue weighted by Gasteiger charge is 2.33. The molecule has 4 heterocycles. The van der Waals surface area contributed by atoms with Gasteiger partial charge in [0, 0.05) is 12.7 Å². The first-order chi connectivity index (χ1) is 11.7. The molecule has 0 spiro atoms. The third-order valence-corrected chi connectivity index (χ3v) is 5.66.